The maximum absolute atomic E-state index is 12.6. The van der Waals surface area contributed by atoms with Crippen LogP contribution in [0.2, 0.25) is 0 Å². The van der Waals surface area contributed by atoms with Gasteiger partial charge in [-0.05, 0) is 25.0 Å². The van der Waals surface area contributed by atoms with E-state index in [1.54, 1.807) is 0 Å². The highest BCUT2D eigenvalue weighted by Crippen LogP contribution is 2.31. The summed E-state index contributed by atoms with van der Waals surface area (Å²) in [4.78, 5) is 25.6. The lowest BCUT2D eigenvalue weighted by atomic mass is 10.1. The van der Waals surface area contributed by atoms with Crippen molar-refractivity contribution < 1.29 is 18.7 Å². The Kier molecular flexibility index (Phi) is 6.50. The van der Waals surface area contributed by atoms with Crippen molar-refractivity contribution in [1.82, 2.24) is 10.2 Å². The molecule has 1 aromatic rings. The van der Waals surface area contributed by atoms with Gasteiger partial charge in [-0.3, -0.25) is 4.79 Å². The van der Waals surface area contributed by atoms with Gasteiger partial charge in [-0.2, -0.15) is 0 Å². The fourth-order valence-corrected chi connectivity index (χ4v) is 2.95. The predicted octanol–water partition coefficient (Wildman–Crippen LogP) is 3.03. The molecule has 2 amide bonds. The van der Waals surface area contributed by atoms with Crippen molar-refractivity contribution in [3.63, 3.8) is 0 Å². The van der Waals surface area contributed by atoms with Crippen molar-refractivity contribution in [2.24, 2.45) is 0 Å². The highest BCUT2D eigenvalue weighted by Gasteiger charge is 2.28. The second kappa shape index (κ2) is 8.60. The molecule has 0 bridgehead atoms. The monoisotopic (exact) mass is 322 g/mol. The van der Waals surface area contributed by atoms with Crippen LogP contribution in [-0.2, 0) is 16.0 Å². The molecule has 0 aliphatic carbocycles. The van der Waals surface area contributed by atoms with Gasteiger partial charge < -0.3 is 19.4 Å². The van der Waals surface area contributed by atoms with E-state index in [4.69, 9.17) is 4.42 Å². The number of ether oxygens (including phenoxy) is 1. The number of carbonyl (C=O) groups excluding carboxylic acids is 2. The minimum atomic E-state index is -0.510. The molecule has 0 aromatic carbocycles. The van der Waals surface area contributed by atoms with Crippen LogP contribution < -0.4 is 5.32 Å². The fourth-order valence-electron chi connectivity index (χ4n) is 2.95. The third-order valence-electron chi connectivity index (χ3n) is 4.23. The van der Waals surface area contributed by atoms with Gasteiger partial charge in [0.1, 0.15) is 11.5 Å². The van der Waals surface area contributed by atoms with Gasteiger partial charge in [-0.25, -0.2) is 4.79 Å². The first-order valence-corrected chi connectivity index (χ1v) is 8.35. The van der Waals surface area contributed by atoms with Crippen LogP contribution in [0, 0.1) is 0 Å². The molecule has 1 atom stereocenters. The van der Waals surface area contributed by atoms with Crippen LogP contribution in [-0.4, -0.2) is 37.1 Å². The Bertz CT molecular complexity index is 526. The van der Waals surface area contributed by atoms with Crippen molar-refractivity contribution in [3.8, 4) is 0 Å². The zero-order valence-electron chi connectivity index (χ0n) is 14.0. The van der Waals surface area contributed by atoms with Crippen LogP contribution in [0.1, 0.15) is 56.6 Å². The lowest BCUT2D eigenvalue weighted by Gasteiger charge is -2.28. The van der Waals surface area contributed by atoms with Gasteiger partial charge in [0.25, 0.3) is 0 Å². The summed E-state index contributed by atoms with van der Waals surface area (Å²) in [6.45, 7) is 3.08. The number of amides is 2. The number of hydrogen-bond donors (Lipinski definition) is 1. The van der Waals surface area contributed by atoms with Gasteiger partial charge in [0.05, 0.1) is 13.2 Å². The molecule has 0 spiro atoms. The van der Waals surface area contributed by atoms with E-state index in [0.29, 0.717) is 0 Å². The molecule has 1 saturated heterocycles. The summed E-state index contributed by atoms with van der Waals surface area (Å²) < 4.78 is 10.4. The van der Waals surface area contributed by atoms with E-state index in [2.05, 4.69) is 17.0 Å². The Hall–Kier alpha value is -1.98. The number of alkyl carbamates (subject to hydrolysis) is 1. The molecule has 1 aliphatic rings. The first kappa shape index (κ1) is 17.4. The Morgan fingerprint density at radius 1 is 1.35 bits per heavy atom. The number of nitrogens with zero attached hydrogens (tertiary/aromatic N) is 1. The normalized spacial score (nSPS) is 18.3. The fraction of sp³-hybridized carbons (Fsp3) is 0.647. The summed E-state index contributed by atoms with van der Waals surface area (Å²) in [5, 5.41) is 2.55. The van der Waals surface area contributed by atoms with Crippen molar-refractivity contribution in [1.29, 1.82) is 0 Å². The van der Waals surface area contributed by atoms with E-state index in [-0.39, 0.29) is 24.9 Å². The standard InChI is InChI=1S/C17H26N2O4/c1-3-13-8-9-15(23-13)14-7-5-4-6-12-19(14)16(20)10-11-18-17(21)22-2/h8-9,14H,3-7,10-12H2,1-2H3,(H,18,21). The molecule has 128 valence electrons. The zero-order chi connectivity index (χ0) is 16.7. The second-order valence-corrected chi connectivity index (χ2v) is 5.78. The van der Waals surface area contributed by atoms with E-state index in [1.807, 2.05) is 17.0 Å². The summed E-state index contributed by atoms with van der Waals surface area (Å²) in [6.07, 6.45) is 4.76. The van der Waals surface area contributed by atoms with Gasteiger partial charge in [0.2, 0.25) is 5.91 Å². The van der Waals surface area contributed by atoms with Gasteiger partial charge in [-0.1, -0.05) is 19.8 Å². The second-order valence-electron chi connectivity index (χ2n) is 5.78. The molecule has 1 unspecified atom stereocenters. The van der Waals surface area contributed by atoms with E-state index in [1.165, 1.54) is 7.11 Å². The maximum Gasteiger partial charge on any atom is 0.406 e. The molecule has 23 heavy (non-hydrogen) atoms. The molecule has 1 N–H and O–H groups in total. The Balaban J connectivity index is 2.02. The molecule has 1 aromatic heterocycles. The van der Waals surface area contributed by atoms with Gasteiger partial charge in [0, 0.05) is 25.9 Å². The van der Waals surface area contributed by atoms with Crippen LogP contribution >= 0.6 is 0 Å². The highest BCUT2D eigenvalue weighted by atomic mass is 16.5. The van der Waals surface area contributed by atoms with E-state index in [0.717, 1.165) is 50.2 Å². The van der Waals surface area contributed by atoms with Crippen LogP contribution in [0.3, 0.4) is 0 Å². The quantitative estimate of drug-likeness (QED) is 0.904. The number of methoxy groups -OCH3 is 1. The summed E-state index contributed by atoms with van der Waals surface area (Å²) in [5.74, 6) is 1.87. The minimum Gasteiger partial charge on any atom is -0.464 e. The largest absolute Gasteiger partial charge is 0.464 e. The van der Waals surface area contributed by atoms with E-state index >= 15 is 0 Å². The lowest BCUT2D eigenvalue weighted by Crippen LogP contribution is -2.37. The molecule has 6 nitrogen and oxygen atoms in total. The Morgan fingerprint density at radius 3 is 2.87 bits per heavy atom. The van der Waals surface area contributed by atoms with E-state index in [9.17, 15) is 9.59 Å². The Morgan fingerprint density at radius 2 is 2.17 bits per heavy atom. The number of hydrogen-bond acceptors (Lipinski definition) is 4. The number of aryl methyl sites for hydroxylation is 1. The first-order valence-electron chi connectivity index (χ1n) is 8.35. The van der Waals surface area contributed by atoms with Gasteiger partial charge in [0.15, 0.2) is 0 Å². The first-order chi connectivity index (χ1) is 11.2. The number of furan rings is 1. The van der Waals surface area contributed by atoms with Crippen molar-refractivity contribution in [2.75, 3.05) is 20.2 Å². The number of carbonyl (C=O) groups is 2. The molecular weight excluding hydrogens is 296 g/mol. The smallest absolute Gasteiger partial charge is 0.406 e. The molecular formula is C17H26N2O4. The predicted molar refractivity (Wildman–Crippen MR) is 86.0 cm³/mol. The van der Waals surface area contributed by atoms with Crippen LogP contribution in [0.4, 0.5) is 4.79 Å². The SMILES string of the molecule is CCc1ccc(C2CCCCCN2C(=O)CCNC(=O)OC)o1. The van der Waals surface area contributed by atoms with Crippen LogP contribution in [0.25, 0.3) is 0 Å². The molecule has 1 aliphatic heterocycles. The van der Waals surface area contributed by atoms with Crippen molar-refractivity contribution in [3.05, 3.63) is 23.7 Å². The molecule has 1 fully saturated rings. The van der Waals surface area contributed by atoms with Crippen molar-refractivity contribution in [2.45, 2.75) is 51.5 Å². The number of rotatable bonds is 5. The molecule has 0 saturated carbocycles. The number of nitrogens with one attached hydrogen (secondary N) is 1. The summed E-state index contributed by atoms with van der Waals surface area (Å²) in [5.41, 5.74) is 0. The molecule has 2 heterocycles. The highest BCUT2D eigenvalue weighted by molar-refractivity contribution is 5.77. The van der Waals surface area contributed by atoms with Crippen LogP contribution in [0.15, 0.2) is 16.5 Å². The molecule has 0 radical (unpaired) electrons. The van der Waals surface area contributed by atoms with Gasteiger partial charge in [-0.15, -0.1) is 0 Å². The average Bonchev–Trinajstić information content (AvgIpc) is 2.91. The lowest BCUT2D eigenvalue weighted by molar-refractivity contribution is -0.133. The van der Waals surface area contributed by atoms with Gasteiger partial charge >= 0.3 is 6.09 Å². The molecule has 6 heteroatoms. The topological polar surface area (TPSA) is 71.8 Å². The van der Waals surface area contributed by atoms with Crippen LogP contribution in [0.5, 0.6) is 0 Å². The maximum atomic E-state index is 12.6. The summed E-state index contributed by atoms with van der Waals surface area (Å²) >= 11 is 0. The zero-order valence-corrected chi connectivity index (χ0v) is 14.0. The number of likely N-dealkylation sites (tertiary alicyclic amines) is 1. The summed E-state index contributed by atoms with van der Waals surface area (Å²) in [6, 6.07) is 3.98. The van der Waals surface area contributed by atoms with Crippen molar-refractivity contribution >= 4 is 12.0 Å². The third kappa shape index (κ3) is 4.74. The minimum absolute atomic E-state index is 0.00317. The molecule has 2 rings (SSSR count). The Labute approximate surface area is 137 Å². The summed E-state index contributed by atoms with van der Waals surface area (Å²) in [7, 11) is 1.31. The van der Waals surface area contributed by atoms with E-state index < -0.39 is 6.09 Å². The average molecular weight is 322 g/mol. The third-order valence-corrected chi connectivity index (χ3v) is 4.23.